The van der Waals surface area contributed by atoms with Gasteiger partial charge in [-0.1, -0.05) is 78.4 Å². The van der Waals surface area contributed by atoms with Crippen LogP contribution in [0, 0.1) is 6.92 Å². The molecule has 4 rings (SSSR count). The predicted molar refractivity (Wildman–Crippen MR) is 119 cm³/mol. The van der Waals surface area contributed by atoms with E-state index < -0.39 is 7.82 Å². The third kappa shape index (κ3) is 5.11. The van der Waals surface area contributed by atoms with Crippen LogP contribution in [0.2, 0.25) is 0 Å². The molecule has 0 aliphatic carbocycles. The lowest BCUT2D eigenvalue weighted by Crippen LogP contribution is -2.07. The Balaban J connectivity index is 1.57. The molecule has 0 aromatic heterocycles. The maximum Gasteiger partial charge on any atom is 0.647 e. The van der Waals surface area contributed by atoms with Crippen LogP contribution in [0.1, 0.15) is 5.56 Å². The minimum atomic E-state index is -3.98. The van der Waals surface area contributed by atoms with Gasteiger partial charge in [0.25, 0.3) is 0 Å². The molecule has 0 spiro atoms. The summed E-state index contributed by atoms with van der Waals surface area (Å²) in [6.45, 7) is 2.05. The van der Waals surface area contributed by atoms with Gasteiger partial charge in [0.15, 0.2) is 0 Å². The van der Waals surface area contributed by atoms with Gasteiger partial charge < -0.3 is 13.6 Å². The minimum absolute atomic E-state index is 0.390. The first-order valence-electron chi connectivity index (χ1n) is 9.56. The molecule has 0 unspecified atom stereocenters. The summed E-state index contributed by atoms with van der Waals surface area (Å²) in [6, 6.07) is 33.2. The van der Waals surface area contributed by atoms with Crippen molar-refractivity contribution in [2.75, 3.05) is 0 Å². The highest BCUT2D eigenvalue weighted by atomic mass is 31.2. The molecule has 0 fully saturated rings. The minimum Gasteiger partial charge on any atom is -0.386 e. The summed E-state index contributed by atoms with van der Waals surface area (Å²) in [6.07, 6.45) is 0. The van der Waals surface area contributed by atoms with Gasteiger partial charge in [-0.3, -0.25) is 0 Å². The Morgan fingerprint density at radius 2 is 0.867 bits per heavy atom. The van der Waals surface area contributed by atoms with Crippen molar-refractivity contribution in [2.45, 2.75) is 6.92 Å². The SMILES string of the molecule is Cc1ccc(-c2ccc(OP(=O)(Oc3ccccc3)Oc3ccccc3)cc2)cc1. The molecule has 0 radical (unpaired) electrons. The van der Waals surface area contributed by atoms with E-state index in [0.29, 0.717) is 17.2 Å². The lowest BCUT2D eigenvalue weighted by Gasteiger charge is -2.19. The summed E-state index contributed by atoms with van der Waals surface area (Å²) >= 11 is 0. The van der Waals surface area contributed by atoms with E-state index in [0.717, 1.165) is 11.1 Å². The van der Waals surface area contributed by atoms with Crippen molar-refractivity contribution < 1.29 is 18.1 Å². The largest absolute Gasteiger partial charge is 0.647 e. The zero-order chi connectivity index (χ0) is 20.8. The maximum absolute atomic E-state index is 13.4. The van der Waals surface area contributed by atoms with Crippen molar-refractivity contribution in [3.63, 3.8) is 0 Å². The third-order valence-electron chi connectivity index (χ3n) is 4.38. The zero-order valence-electron chi connectivity index (χ0n) is 16.5. The fourth-order valence-corrected chi connectivity index (χ4v) is 4.11. The van der Waals surface area contributed by atoms with E-state index in [2.05, 4.69) is 31.2 Å². The molecule has 0 saturated carbocycles. The van der Waals surface area contributed by atoms with Crippen LogP contribution in [0.4, 0.5) is 0 Å². The molecule has 0 saturated heterocycles. The van der Waals surface area contributed by atoms with Gasteiger partial charge in [0.05, 0.1) is 0 Å². The Hall–Kier alpha value is -3.49. The third-order valence-corrected chi connectivity index (χ3v) is 5.68. The topological polar surface area (TPSA) is 44.8 Å². The lowest BCUT2D eigenvalue weighted by atomic mass is 10.0. The van der Waals surface area contributed by atoms with Gasteiger partial charge in [0.2, 0.25) is 0 Å². The van der Waals surface area contributed by atoms with Crippen molar-refractivity contribution in [1.82, 2.24) is 0 Å². The molecule has 0 bridgehead atoms. The van der Waals surface area contributed by atoms with Gasteiger partial charge in [-0.25, -0.2) is 0 Å². The molecule has 0 aliphatic rings. The van der Waals surface area contributed by atoms with Gasteiger partial charge in [-0.05, 0) is 54.4 Å². The molecule has 4 aromatic rings. The van der Waals surface area contributed by atoms with Crippen LogP contribution in [0.5, 0.6) is 17.2 Å². The average Bonchev–Trinajstić information content (AvgIpc) is 2.76. The van der Waals surface area contributed by atoms with E-state index in [-0.39, 0.29) is 0 Å². The predicted octanol–water partition coefficient (Wildman–Crippen LogP) is 7.31. The van der Waals surface area contributed by atoms with Crippen LogP contribution in [-0.2, 0) is 4.57 Å². The van der Waals surface area contributed by atoms with E-state index in [1.807, 2.05) is 24.3 Å². The second-order valence-electron chi connectivity index (χ2n) is 6.74. The number of phosphoric acid groups is 1. The Labute approximate surface area is 176 Å². The van der Waals surface area contributed by atoms with Crippen LogP contribution in [0.3, 0.4) is 0 Å². The highest BCUT2D eigenvalue weighted by Crippen LogP contribution is 2.49. The van der Waals surface area contributed by atoms with Crippen molar-refractivity contribution in [2.24, 2.45) is 0 Å². The quantitative estimate of drug-likeness (QED) is 0.296. The van der Waals surface area contributed by atoms with Gasteiger partial charge in [-0.15, -0.1) is 0 Å². The number of aryl methyl sites for hydroxylation is 1. The van der Waals surface area contributed by atoms with Gasteiger partial charge in [-0.2, -0.15) is 4.57 Å². The van der Waals surface area contributed by atoms with Crippen LogP contribution in [-0.4, -0.2) is 0 Å². The first-order valence-corrected chi connectivity index (χ1v) is 11.0. The van der Waals surface area contributed by atoms with Crippen molar-refractivity contribution >= 4 is 7.82 Å². The monoisotopic (exact) mass is 416 g/mol. The van der Waals surface area contributed by atoms with Gasteiger partial charge >= 0.3 is 7.82 Å². The highest BCUT2D eigenvalue weighted by molar-refractivity contribution is 7.49. The van der Waals surface area contributed by atoms with Crippen LogP contribution >= 0.6 is 7.82 Å². The zero-order valence-corrected chi connectivity index (χ0v) is 17.4. The number of para-hydroxylation sites is 2. The second-order valence-corrected chi connectivity index (χ2v) is 8.18. The standard InChI is InChI=1S/C25H21O4P/c1-20-12-14-21(15-13-20)22-16-18-25(19-17-22)29-30(26,27-23-8-4-2-5-9-23)28-24-10-6-3-7-11-24/h2-19H,1H3. The highest BCUT2D eigenvalue weighted by Gasteiger charge is 2.33. The second kappa shape index (κ2) is 8.89. The van der Waals surface area contributed by atoms with Gasteiger partial charge in [0.1, 0.15) is 17.2 Å². The van der Waals surface area contributed by atoms with Crippen molar-refractivity contribution in [1.29, 1.82) is 0 Å². The fourth-order valence-electron chi connectivity index (χ4n) is 2.86. The Kier molecular flexibility index (Phi) is 5.87. The van der Waals surface area contributed by atoms with E-state index in [1.54, 1.807) is 60.7 Å². The molecule has 4 aromatic carbocycles. The van der Waals surface area contributed by atoms with E-state index in [1.165, 1.54) is 5.56 Å². The summed E-state index contributed by atoms with van der Waals surface area (Å²) in [5, 5.41) is 0. The molecule has 5 heteroatoms. The number of phosphoric ester groups is 1. The molecular formula is C25H21O4P. The lowest BCUT2D eigenvalue weighted by molar-refractivity contribution is 0.298. The number of hydrogen-bond acceptors (Lipinski definition) is 4. The summed E-state index contributed by atoms with van der Waals surface area (Å²) in [4.78, 5) is 0. The number of hydrogen-bond donors (Lipinski definition) is 0. The Morgan fingerprint density at radius 1 is 0.500 bits per heavy atom. The summed E-state index contributed by atoms with van der Waals surface area (Å²) in [5.74, 6) is 1.18. The van der Waals surface area contributed by atoms with Gasteiger partial charge in [0, 0.05) is 0 Å². The van der Waals surface area contributed by atoms with Crippen LogP contribution < -0.4 is 13.6 Å². The molecular weight excluding hydrogens is 395 g/mol. The van der Waals surface area contributed by atoms with Crippen molar-refractivity contribution in [3.05, 3.63) is 115 Å². The summed E-state index contributed by atoms with van der Waals surface area (Å²) in [7, 11) is -3.98. The number of rotatable bonds is 7. The summed E-state index contributed by atoms with van der Waals surface area (Å²) < 4.78 is 30.5. The molecule has 150 valence electrons. The molecule has 0 aliphatic heterocycles. The van der Waals surface area contributed by atoms with Crippen LogP contribution in [0.15, 0.2) is 109 Å². The van der Waals surface area contributed by atoms with Crippen molar-refractivity contribution in [3.8, 4) is 28.4 Å². The Bertz CT molecular complexity index is 1080. The Morgan fingerprint density at radius 3 is 1.30 bits per heavy atom. The molecule has 4 nitrogen and oxygen atoms in total. The molecule has 30 heavy (non-hydrogen) atoms. The first kappa shape index (κ1) is 19.8. The normalized spacial score (nSPS) is 11.0. The van der Waals surface area contributed by atoms with E-state index in [9.17, 15) is 4.57 Å². The maximum atomic E-state index is 13.4. The average molecular weight is 416 g/mol. The molecule has 0 N–H and O–H groups in total. The summed E-state index contributed by atoms with van der Waals surface area (Å²) in [5.41, 5.74) is 3.33. The number of benzene rings is 4. The smallest absolute Gasteiger partial charge is 0.386 e. The van der Waals surface area contributed by atoms with E-state index in [4.69, 9.17) is 13.6 Å². The fraction of sp³-hybridized carbons (Fsp3) is 0.0400. The molecule has 0 heterocycles. The first-order chi connectivity index (χ1) is 14.6. The molecule has 0 atom stereocenters. The van der Waals surface area contributed by atoms with Crippen LogP contribution in [0.25, 0.3) is 11.1 Å². The van der Waals surface area contributed by atoms with E-state index >= 15 is 0 Å². The molecule has 0 amide bonds.